The van der Waals surface area contributed by atoms with Gasteiger partial charge in [-0.2, -0.15) is 0 Å². The van der Waals surface area contributed by atoms with Crippen LogP contribution >= 0.6 is 23.4 Å². The van der Waals surface area contributed by atoms with Crippen LogP contribution in [-0.2, 0) is 0 Å². The first-order chi connectivity index (χ1) is 11.8. The molecule has 3 saturated heterocycles. The van der Waals surface area contributed by atoms with Crippen LogP contribution in [0.2, 0.25) is 5.02 Å². The van der Waals surface area contributed by atoms with E-state index in [-0.39, 0.29) is 0 Å². The first-order valence-corrected chi connectivity index (χ1v) is 9.99. The van der Waals surface area contributed by atoms with E-state index in [2.05, 4.69) is 47.4 Å². The highest BCUT2D eigenvalue weighted by Crippen LogP contribution is 2.47. The molecular weight excluding hydrogens is 334 g/mol. The predicted octanol–water partition coefficient (Wildman–Crippen LogP) is 5.58. The minimum Gasteiger partial charge on any atom is -0.303 e. The van der Waals surface area contributed by atoms with Crippen LogP contribution in [0.3, 0.4) is 0 Å². The highest BCUT2D eigenvalue weighted by molar-refractivity contribution is 7.99. The summed E-state index contributed by atoms with van der Waals surface area (Å²) >= 11 is 8.19. The van der Waals surface area contributed by atoms with Gasteiger partial charge < -0.3 is 4.90 Å². The van der Waals surface area contributed by atoms with E-state index in [9.17, 15) is 0 Å². The quantitative estimate of drug-likeness (QED) is 0.562. The lowest BCUT2D eigenvalue weighted by Crippen LogP contribution is -2.46. The standard InChI is InChI=1S/C21H20ClNS/c22-16-5-6-21-19(12-16)18(17-3-1-2-4-20(17)24-21)11-15-13-23-9-7-14(15)8-10-23/h1-6,11-12,14-15H,7-10,13H2. The fraction of sp³-hybridized carbons (Fsp3) is 0.333. The maximum absolute atomic E-state index is 6.33. The van der Waals surface area contributed by atoms with Gasteiger partial charge in [0.15, 0.2) is 0 Å². The Hall–Kier alpha value is -1.22. The molecule has 0 aliphatic carbocycles. The Labute approximate surface area is 152 Å². The number of rotatable bonds is 1. The van der Waals surface area contributed by atoms with Crippen molar-refractivity contribution in [3.63, 3.8) is 0 Å². The molecule has 0 aromatic heterocycles. The van der Waals surface area contributed by atoms with Crippen molar-refractivity contribution in [1.29, 1.82) is 0 Å². The normalized spacial score (nSPS) is 29.4. The molecule has 2 bridgehead atoms. The third-order valence-corrected chi connectivity index (χ3v) is 7.10. The molecule has 122 valence electrons. The Morgan fingerprint density at radius 3 is 2.58 bits per heavy atom. The molecule has 1 unspecified atom stereocenters. The van der Waals surface area contributed by atoms with Crippen LogP contribution in [0, 0.1) is 11.8 Å². The number of hydrogen-bond acceptors (Lipinski definition) is 2. The van der Waals surface area contributed by atoms with Crippen molar-refractivity contribution >= 4 is 28.9 Å². The van der Waals surface area contributed by atoms with Crippen LogP contribution in [0.15, 0.2) is 58.3 Å². The number of hydrogen-bond donors (Lipinski definition) is 0. The van der Waals surface area contributed by atoms with Gasteiger partial charge in [-0.05, 0) is 78.7 Å². The van der Waals surface area contributed by atoms with E-state index < -0.39 is 0 Å². The van der Waals surface area contributed by atoms with E-state index in [4.69, 9.17) is 11.6 Å². The first-order valence-electron chi connectivity index (χ1n) is 8.79. The van der Waals surface area contributed by atoms with Gasteiger partial charge in [-0.15, -0.1) is 0 Å². The van der Waals surface area contributed by atoms with Gasteiger partial charge in [0.25, 0.3) is 0 Å². The summed E-state index contributed by atoms with van der Waals surface area (Å²) in [4.78, 5) is 5.31. The maximum atomic E-state index is 6.33. The second-order valence-corrected chi connectivity index (χ2v) is 8.64. The Balaban J connectivity index is 1.64. The summed E-state index contributed by atoms with van der Waals surface area (Å²) in [6, 6.07) is 15.1. The van der Waals surface area contributed by atoms with Gasteiger partial charge in [0.2, 0.25) is 0 Å². The summed E-state index contributed by atoms with van der Waals surface area (Å²) in [5, 5.41) is 0.827. The number of halogens is 1. The molecule has 4 heterocycles. The fourth-order valence-electron chi connectivity index (χ4n) is 4.44. The zero-order valence-corrected chi connectivity index (χ0v) is 15.1. The summed E-state index contributed by atoms with van der Waals surface area (Å²) in [6.07, 6.45) is 5.27. The smallest absolute Gasteiger partial charge is 0.0412 e. The van der Waals surface area contributed by atoms with Crippen LogP contribution in [0.25, 0.3) is 5.57 Å². The van der Waals surface area contributed by atoms with Crippen molar-refractivity contribution in [3.05, 3.63) is 64.7 Å². The van der Waals surface area contributed by atoms with E-state index in [0.717, 1.165) is 10.9 Å². The molecule has 1 nitrogen and oxygen atoms in total. The van der Waals surface area contributed by atoms with Crippen LogP contribution in [-0.4, -0.2) is 24.5 Å². The molecule has 2 aromatic rings. The van der Waals surface area contributed by atoms with Gasteiger partial charge in [0.05, 0.1) is 0 Å². The van der Waals surface area contributed by atoms with E-state index in [1.807, 2.05) is 17.8 Å². The highest BCUT2D eigenvalue weighted by Gasteiger charge is 2.34. The molecule has 3 fully saturated rings. The SMILES string of the molecule is Clc1ccc2c(c1)C(=CC1CN3CCC1CC3)c1ccccc1S2. The molecule has 0 spiro atoms. The van der Waals surface area contributed by atoms with E-state index >= 15 is 0 Å². The second-order valence-electron chi connectivity index (χ2n) is 7.12. The van der Waals surface area contributed by atoms with Crippen LogP contribution in [0.4, 0.5) is 0 Å². The average Bonchev–Trinajstić information content (AvgIpc) is 2.63. The Bertz CT molecular complexity index is 820. The van der Waals surface area contributed by atoms with Crippen molar-refractivity contribution < 1.29 is 0 Å². The summed E-state index contributed by atoms with van der Waals surface area (Å²) in [5.74, 6) is 1.53. The van der Waals surface area contributed by atoms with Gasteiger partial charge in [0.1, 0.15) is 0 Å². The molecule has 3 heteroatoms. The third-order valence-electron chi connectivity index (χ3n) is 5.72. The molecule has 0 amide bonds. The summed E-state index contributed by atoms with van der Waals surface area (Å²) in [7, 11) is 0. The lowest BCUT2D eigenvalue weighted by atomic mass is 9.77. The number of nitrogens with zero attached hydrogens (tertiary/aromatic N) is 1. The van der Waals surface area contributed by atoms with Crippen LogP contribution < -0.4 is 0 Å². The monoisotopic (exact) mass is 353 g/mol. The largest absolute Gasteiger partial charge is 0.303 e. The fourth-order valence-corrected chi connectivity index (χ4v) is 5.70. The van der Waals surface area contributed by atoms with Crippen LogP contribution in [0.1, 0.15) is 24.0 Å². The highest BCUT2D eigenvalue weighted by atomic mass is 35.5. The topological polar surface area (TPSA) is 3.24 Å². The molecule has 2 aromatic carbocycles. The van der Waals surface area contributed by atoms with Crippen LogP contribution in [0.5, 0.6) is 0 Å². The van der Waals surface area contributed by atoms with Gasteiger partial charge in [0, 0.05) is 21.4 Å². The molecular formula is C21H20ClNS. The Kier molecular flexibility index (Phi) is 3.73. The second kappa shape index (κ2) is 5.94. The van der Waals surface area contributed by atoms with Crippen molar-refractivity contribution in [2.75, 3.05) is 19.6 Å². The molecule has 24 heavy (non-hydrogen) atoms. The van der Waals surface area contributed by atoms with E-state index in [0.29, 0.717) is 5.92 Å². The Morgan fingerprint density at radius 2 is 1.79 bits per heavy atom. The zero-order valence-electron chi connectivity index (χ0n) is 13.5. The molecule has 0 N–H and O–H groups in total. The van der Waals surface area contributed by atoms with Crippen molar-refractivity contribution in [2.24, 2.45) is 11.8 Å². The zero-order chi connectivity index (χ0) is 16.1. The number of piperidine rings is 3. The lowest BCUT2D eigenvalue weighted by Gasteiger charge is -2.44. The Morgan fingerprint density at radius 1 is 1.00 bits per heavy atom. The minimum absolute atomic E-state index is 0.672. The molecule has 4 aliphatic rings. The average molecular weight is 354 g/mol. The summed E-state index contributed by atoms with van der Waals surface area (Å²) in [5.41, 5.74) is 4.07. The predicted molar refractivity (Wildman–Crippen MR) is 102 cm³/mol. The number of fused-ring (bicyclic) bond motifs is 5. The van der Waals surface area contributed by atoms with Gasteiger partial charge in [-0.25, -0.2) is 0 Å². The first kappa shape index (κ1) is 15.1. The van der Waals surface area contributed by atoms with E-state index in [1.165, 1.54) is 59.0 Å². The van der Waals surface area contributed by atoms with E-state index in [1.54, 1.807) is 0 Å². The summed E-state index contributed by atoms with van der Waals surface area (Å²) in [6.45, 7) is 3.80. The maximum Gasteiger partial charge on any atom is 0.0412 e. The number of benzene rings is 2. The molecule has 4 aliphatic heterocycles. The molecule has 0 radical (unpaired) electrons. The van der Waals surface area contributed by atoms with Crippen molar-refractivity contribution in [3.8, 4) is 0 Å². The van der Waals surface area contributed by atoms with Gasteiger partial charge in [-0.3, -0.25) is 0 Å². The third kappa shape index (κ3) is 2.52. The van der Waals surface area contributed by atoms with Gasteiger partial charge >= 0.3 is 0 Å². The lowest BCUT2D eigenvalue weighted by molar-refractivity contribution is 0.0738. The molecule has 0 saturated carbocycles. The van der Waals surface area contributed by atoms with Gasteiger partial charge in [-0.1, -0.05) is 47.6 Å². The molecule has 6 rings (SSSR count). The molecule has 1 atom stereocenters. The summed E-state index contributed by atoms with van der Waals surface area (Å²) < 4.78 is 0. The van der Waals surface area contributed by atoms with Crippen molar-refractivity contribution in [1.82, 2.24) is 4.90 Å². The minimum atomic E-state index is 0.672. The van der Waals surface area contributed by atoms with Crippen molar-refractivity contribution in [2.45, 2.75) is 22.6 Å².